The molecule has 23 heavy (non-hydrogen) atoms. The SMILES string of the molecule is CC1(C)CN(C(=O)c2sccc2-c2ccccc2)CCC1N.Cl. The number of benzene rings is 1. The summed E-state index contributed by atoms with van der Waals surface area (Å²) >= 11 is 1.52. The maximum Gasteiger partial charge on any atom is 0.264 e. The van der Waals surface area contributed by atoms with E-state index in [0.717, 1.165) is 35.5 Å². The third kappa shape index (κ3) is 3.60. The molecule has 1 saturated heterocycles. The van der Waals surface area contributed by atoms with E-state index < -0.39 is 0 Å². The van der Waals surface area contributed by atoms with Gasteiger partial charge in [-0.05, 0) is 28.8 Å². The van der Waals surface area contributed by atoms with E-state index in [-0.39, 0.29) is 29.8 Å². The van der Waals surface area contributed by atoms with Crippen molar-refractivity contribution in [2.75, 3.05) is 13.1 Å². The van der Waals surface area contributed by atoms with Crippen LogP contribution in [0.3, 0.4) is 0 Å². The van der Waals surface area contributed by atoms with Gasteiger partial charge in [0.1, 0.15) is 0 Å². The van der Waals surface area contributed by atoms with Crippen molar-refractivity contribution in [1.82, 2.24) is 4.90 Å². The molecule has 2 N–H and O–H groups in total. The van der Waals surface area contributed by atoms with Crippen LogP contribution >= 0.6 is 23.7 Å². The van der Waals surface area contributed by atoms with Gasteiger partial charge >= 0.3 is 0 Å². The van der Waals surface area contributed by atoms with Crippen LogP contribution in [0, 0.1) is 5.41 Å². The number of thiophene rings is 1. The molecule has 1 amide bonds. The second kappa shape index (κ2) is 7.04. The Morgan fingerprint density at radius 3 is 2.61 bits per heavy atom. The van der Waals surface area contributed by atoms with E-state index in [0.29, 0.717) is 0 Å². The van der Waals surface area contributed by atoms with E-state index in [1.165, 1.54) is 11.3 Å². The zero-order chi connectivity index (χ0) is 15.7. The molecule has 124 valence electrons. The number of amides is 1. The summed E-state index contributed by atoms with van der Waals surface area (Å²) in [5, 5.41) is 2.00. The summed E-state index contributed by atoms with van der Waals surface area (Å²) in [6.45, 7) is 5.75. The van der Waals surface area contributed by atoms with Crippen LogP contribution in [0.1, 0.15) is 29.9 Å². The predicted octanol–water partition coefficient (Wildman–Crippen LogP) is 4.04. The number of likely N-dealkylation sites (tertiary alicyclic amines) is 1. The maximum atomic E-state index is 12.9. The van der Waals surface area contributed by atoms with E-state index in [2.05, 4.69) is 26.0 Å². The molecule has 3 nitrogen and oxygen atoms in total. The van der Waals surface area contributed by atoms with Gasteiger partial charge in [0, 0.05) is 24.7 Å². The first-order valence-electron chi connectivity index (χ1n) is 7.67. The third-order valence-electron chi connectivity index (χ3n) is 4.54. The summed E-state index contributed by atoms with van der Waals surface area (Å²) in [7, 11) is 0. The van der Waals surface area contributed by atoms with Crippen molar-refractivity contribution in [3.8, 4) is 11.1 Å². The van der Waals surface area contributed by atoms with Gasteiger partial charge in [-0.25, -0.2) is 0 Å². The number of piperidine rings is 1. The molecule has 1 fully saturated rings. The Morgan fingerprint density at radius 2 is 1.96 bits per heavy atom. The summed E-state index contributed by atoms with van der Waals surface area (Å²) in [5.74, 6) is 0.133. The largest absolute Gasteiger partial charge is 0.337 e. The highest BCUT2D eigenvalue weighted by atomic mass is 35.5. The van der Waals surface area contributed by atoms with Crippen LogP contribution in [-0.2, 0) is 0 Å². The summed E-state index contributed by atoms with van der Waals surface area (Å²) in [4.78, 5) is 15.7. The molecule has 1 aliphatic heterocycles. The van der Waals surface area contributed by atoms with Crippen LogP contribution in [-0.4, -0.2) is 29.9 Å². The average molecular weight is 351 g/mol. The number of rotatable bonds is 2. The summed E-state index contributed by atoms with van der Waals surface area (Å²) < 4.78 is 0. The number of nitrogens with zero attached hydrogens (tertiary/aromatic N) is 1. The van der Waals surface area contributed by atoms with E-state index >= 15 is 0 Å². The molecule has 0 aliphatic carbocycles. The Balaban J connectivity index is 0.00000192. The smallest absolute Gasteiger partial charge is 0.264 e. The minimum Gasteiger partial charge on any atom is -0.337 e. The van der Waals surface area contributed by atoms with Crippen molar-refractivity contribution < 1.29 is 4.79 Å². The number of carbonyl (C=O) groups is 1. The molecule has 0 saturated carbocycles. The van der Waals surface area contributed by atoms with E-state index in [1.54, 1.807) is 0 Å². The van der Waals surface area contributed by atoms with Crippen molar-refractivity contribution >= 4 is 29.7 Å². The standard InChI is InChI=1S/C18H22N2OS.ClH/c1-18(2)12-20(10-8-15(18)19)17(21)16-14(9-11-22-16)13-6-4-3-5-7-13;/h3-7,9,11,15H,8,10,12,19H2,1-2H3;1H. The maximum absolute atomic E-state index is 12.9. The van der Waals surface area contributed by atoms with E-state index in [9.17, 15) is 4.79 Å². The molecule has 1 aromatic heterocycles. The van der Waals surface area contributed by atoms with Gasteiger partial charge in [0.15, 0.2) is 0 Å². The van der Waals surface area contributed by atoms with Gasteiger partial charge in [0.25, 0.3) is 5.91 Å². The Hall–Kier alpha value is -1.36. The molecule has 0 spiro atoms. The van der Waals surface area contributed by atoms with Crippen molar-refractivity contribution in [1.29, 1.82) is 0 Å². The van der Waals surface area contributed by atoms with Gasteiger partial charge < -0.3 is 10.6 Å². The van der Waals surface area contributed by atoms with E-state index in [4.69, 9.17) is 5.73 Å². The molecule has 2 heterocycles. The summed E-state index contributed by atoms with van der Waals surface area (Å²) in [6, 6.07) is 12.3. The molecule has 0 bridgehead atoms. The Labute approximate surface area is 147 Å². The van der Waals surface area contributed by atoms with Crippen LogP contribution in [0.15, 0.2) is 41.8 Å². The molecular weight excluding hydrogens is 328 g/mol. The van der Waals surface area contributed by atoms with Crippen LogP contribution in [0.25, 0.3) is 11.1 Å². The van der Waals surface area contributed by atoms with Crippen molar-refractivity contribution in [3.05, 3.63) is 46.7 Å². The van der Waals surface area contributed by atoms with Gasteiger partial charge in [-0.3, -0.25) is 4.79 Å². The van der Waals surface area contributed by atoms with Gasteiger partial charge in [0.2, 0.25) is 0 Å². The molecule has 3 rings (SSSR count). The number of hydrogen-bond acceptors (Lipinski definition) is 3. The fourth-order valence-corrected chi connectivity index (χ4v) is 3.89. The Bertz CT molecular complexity index is 669. The molecule has 0 radical (unpaired) electrons. The summed E-state index contributed by atoms with van der Waals surface area (Å²) in [5.41, 5.74) is 8.28. The first-order chi connectivity index (χ1) is 10.5. The van der Waals surface area contributed by atoms with Crippen molar-refractivity contribution in [3.63, 3.8) is 0 Å². The fraction of sp³-hybridized carbons (Fsp3) is 0.389. The van der Waals surface area contributed by atoms with Crippen LogP contribution < -0.4 is 5.73 Å². The van der Waals surface area contributed by atoms with Gasteiger partial charge in [-0.1, -0.05) is 44.2 Å². The molecule has 1 aromatic carbocycles. The lowest BCUT2D eigenvalue weighted by Crippen LogP contribution is -2.53. The topological polar surface area (TPSA) is 46.3 Å². The van der Waals surface area contributed by atoms with Gasteiger partial charge in [-0.2, -0.15) is 0 Å². The van der Waals surface area contributed by atoms with Crippen molar-refractivity contribution in [2.24, 2.45) is 11.1 Å². The number of halogens is 1. The normalized spacial score (nSPS) is 20.0. The zero-order valence-electron chi connectivity index (χ0n) is 13.5. The number of carbonyl (C=O) groups excluding carboxylic acids is 1. The van der Waals surface area contributed by atoms with Gasteiger partial charge in [0.05, 0.1) is 4.88 Å². The number of nitrogens with two attached hydrogens (primary N) is 1. The average Bonchev–Trinajstić information content (AvgIpc) is 2.99. The predicted molar refractivity (Wildman–Crippen MR) is 99.3 cm³/mol. The Morgan fingerprint density at radius 1 is 1.26 bits per heavy atom. The molecule has 2 aromatic rings. The second-order valence-corrected chi connectivity index (χ2v) is 7.56. The second-order valence-electron chi connectivity index (χ2n) is 6.64. The quantitative estimate of drug-likeness (QED) is 0.888. The van der Waals surface area contributed by atoms with Crippen LogP contribution in [0.2, 0.25) is 0 Å². The molecule has 1 aliphatic rings. The van der Waals surface area contributed by atoms with Gasteiger partial charge in [-0.15, -0.1) is 23.7 Å². The minimum atomic E-state index is -0.0297. The van der Waals surface area contributed by atoms with Crippen LogP contribution in [0.4, 0.5) is 0 Å². The highest BCUT2D eigenvalue weighted by Crippen LogP contribution is 2.33. The number of hydrogen-bond donors (Lipinski definition) is 1. The highest BCUT2D eigenvalue weighted by Gasteiger charge is 2.36. The monoisotopic (exact) mass is 350 g/mol. The fourth-order valence-electron chi connectivity index (χ4n) is 3.01. The summed E-state index contributed by atoms with van der Waals surface area (Å²) in [6.07, 6.45) is 0.866. The lowest BCUT2D eigenvalue weighted by atomic mass is 9.79. The first-order valence-corrected chi connectivity index (χ1v) is 8.55. The molecular formula is C18H23ClN2OS. The first kappa shape index (κ1) is 18.0. The molecule has 1 unspecified atom stereocenters. The lowest BCUT2D eigenvalue weighted by Gasteiger charge is -2.42. The van der Waals surface area contributed by atoms with Crippen LogP contribution in [0.5, 0.6) is 0 Å². The van der Waals surface area contributed by atoms with E-state index in [1.807, 2.05) is 34.5 Å². The lowest BCUT2D eigenvalue weighted by molar-refractivity contribution is 0.0538. The Kier molecular flexibility index (Phi) is 5.50. The zero-order valence-corrected chi connectivity index (χ0v) is 15.1. The minimum absolute atomic E-state index is 0. The molecule has 5 heteroatoms. The van der Waals surface area contributed by atoms with Crippen molar-refractivity contribution in [2.45, 2.75) is 26.3 Å². The third-order valence-corrected chi connectivity index (χ3v) is 5.45. The molecule has 1 atom stereocenters. The highest BCUT2D eigenvalue weighted by molar-refractivity contribution is 7.12.